The van der Waals surface area contributed by atoms with Crippen LogP contribution in [0.15, 0.2) is 24.3 Å². The van der Waals surface area contributed by atoms with Gasteiger partial charge in [-0.15, -0.1) is 0 Å². The number of hydrogen-bond acceptors (Lipinski definition) is 3. The van der Waals surface area contributed by atoms with E-state index >= 15 is 0 Å². The van der Waals surface area contributed by atoms with Gasteiger partial charge in [-0.25, -0.2) is 0 Å². The smallest absolute Gasteiger partial charge is 0.264 e. The fraction of sp³-hybridized carbons (Fsp3) is 0.562. The highest BCUT2D eigenvalue weighted by Crippen LogP contribution is 2.38. The van der Waals surface area contributed by atoms with Crippen molar-refractivity contribution in [3.05, 3.63) is 29.8 Å². The third-order valence-electron chi connectivity index (χ3n) is 4.57. The average Bonchev–Trinajstić information content (AvgIpc) is 2.84. The van der Waals surface area contributed by atoms with Crippen molar-refractivity contribution >= 4 is 5.91 Å². The molecule has 3 rings (SSSR count). The van der Waals surface area contributed by atoms with Gasteiger partial charge in [0.15, 0.2) is 6.10 Å². The van der Waals surface area contributed by atoms with Gasteiger partial charge in [0.25, 0.3) is 5.91 Å². The van der Waals surface area contributed by atoms with Crippen LogP contribution < -0.4 is 10.1 Å². The van der Waals surface area contributed by atoms with Gasteiger partial charge in [0.05, 0.1) is 0 Å². The van der Waals surface area contributed by atoms with E-state index < -0.39 is 0 Å². The molecule has 2 heterocycles. The number of benzene rings is 1. The van der Waals surface area contributed by atoms with E-state index in [2.05, 4.69) is 18.3 Å². The second kappa shape index (κ2) is 5.44. The Morgan fingerprint density at radius 2 is 2.00 bits per heavy atom. The van der Waals surface area contributed by atoms with Crippen molar-refractivity contribution in [2.24, 2.45) is 0 Å². The van der Waals surface area contributed by atoms with E-state index in [1.807, 2.05) is 30.1 Å². The maximum Gasteiger partial charge on any atom is 0.264 e. The van der Waals surface area contributed by atoms with E-state index in [9.17, 15) is 4.79 Å². The summed E-state index contributed by atoms with van der Waals surface area (Å²) in [5.74, 6) is 1.10. The Balaban J connectivity index is 1.72. The molecule has 108 valence electrons. The van der Waals surface area contributed by atoms with E-state index in [-0.39, 0.29) is 17.9 Å². The number of carbonyl (C=O) groups excluding carboxylic acids is 1. The number of amides is 1. The fourth-order valence-corrected chi connectivity index (χ4v) is 3.20. The quantitative estimate of drug-likeness (QED) is 0.893. The summed E-state index contributed by atoms with van der Waals surface area (Å²) < 4.78 is 5.89. The summed E-state index contributed by atoms with van der Waals surface area (Å²) in [6.07, 6.45) is 1.68. The highest BCUT2D eigenvalue weighted by molar-refractivity contribution is 5.83. The van der Waals surface area contributed by atoms with E-state index in [4.69, 9.17) is 4.74 Å². The number of fused-ring (bicyclic) bond motifs is 1. The SMILES string of the molecule is C[C@H]1c2ccccc2O[C@H]1C(=O)N(C)C1CCNCC1. The molecule has 20 heavy (non-hydrogen) atoms. The van der Waals surface area contributed by atoms with Crippen LogP contribution in [0.25, 0.3) is 0 Å². The Morgan fingerprint density at radius 1 is 1.30 bits per heavy atom. The molecule has 1 N–H and O–H groups in total. The molecule has 1 aromatic rings. The van der Waals surface area contributed by atoms with Gasteiger partial charge < -0.3 is 15.0 Å². The summed E-state index contributed by atoms with van der Waals surface area (Å²) in [4.78, 5) is 14.6. The second-order valence-electron chi connectivity index (χ2n) is 5.80. The number of likely N-dealkylation sites (N-methyl/N-ethyl adjacent to an activating group) is 1. The van der Waals surface area contributed by atoms with Crippen LogP contribution in [0.2, 0.25) is 0 Å². The summed E-state index contributed by atoms with van der Waals surface area (Å²) in [6.45, 7) is 4.05. The molecule has 0 spiro atoms. The van der Waals surface area contributed by atoms with E-state index in [0.717, 1.165) is 37.2 Å². The van der Waals surface area contributed by atoms with E-state index in [1.54, 1.807) is 0 Å². The molecule has 0 aliphatic carbocycles. The van der Waals surface area contributed by atoms with Crippen LogP contribution in [-0.2, 0) is 4.79 Å². The lowest BCUT2D eigenvalue weighted by Crippen LogP contribution is -2.49. The maximum atomic E-state index is 12.7. The molecular weight excluding hydrogens is 252 g/mol. The molecule has 1 aromatic carbocycles. The first-order valence-corrected chi connectivity index (χ1v) is 7.41. The first-order valence-electron chi connectivity index (χ1n) is 7.41. The molecule has 0 bridgehead atoms. The van der Waals surface area contributed by atoms with Crippen molar-refractivity contribution < 1.29 is 9.53 Å². The lowest BCUT2D eigenvalue weighted by atomic mass is 9.96. The van der Waals surface area contributed by atoms with Crippen LogP contribution in [-0.4, -0.2) is 43.1 Å². The number of rotatable bonds is 2. The third-order valence-corrected chi connectivity index (χ3v) is 4.57. The van der Waals surface area contributed by atoms with E-state index in [1.165, 1.54) is 0 Å². The van der Waals surface area contributed by atoms with E-state index in [0.29, 0.717) is 6.04 Å². The van der Waals surface area contributed by atoms with Gasteiger partial charge in [-0.1, -0.05) is 25.1 Å². The highest BCUT2D eigenvalue weighted by atomic mass is 16.5. The molecule has 4 heteroatoms. The lowest BCUT2D eigenvalue weighted by Gasteiger charge is -2.33. The number of nitrogens with zero attached hydrogens (tertiary/aromatic N) is 1. The van der Waals surface area contributed by atoms with Gasteiger partial charge in [-0.3, -0.25) is 4.79 Å². The summed E-state index contributed by atoms with van der Waals surface area (Å²) in [5, 5.41) is 3.33. The van der Waals surface area contributed by atoms with Crippen LogP contribution in [0.1, 0.15) is 31.2 Å². The van der Waals surface area contributed by atoms with Crippen LogP contribution in [0.3, 0.4) is 0 Å². The molecule has 0 saturated carbocycles. The van der Waals surface area contributed by atoms with Gasteiger partial charge in [0.2, 0.25) is 0 Å². The lowest BCUT2D eigenvalue weighted by molar-refractivity contribution is -0.139. The number of hydrogen-bond donors (Lipinski definition) is 1. The van der Waals surface area contributed by atoms with Gasteiger partial charge in [-0.05, 0) is 32.0 Å². The molecule has 4 nitrogen and oxygen atoms in total. The standard InChI is InChI=1S/C16H22N2O2/c1-11-13-5-3-4-6-14(13)20-15(11)16(19)18(2)12-7-9-17-10-8-12/h3-6,11-12,15,17H,7-10H2,1-2H3/t11-,15+/m0/s1. The van der Waals surface area contributed by atoms with Crippen molar-refractivity contribution in [1.82, 2.24) is 10.2 Å². The molecule has 2 aliphatic rings. The number of carbonyl (C=O) groups is 1. The molecule has 0 aromatic heterocycles. The number of nitrogens with one attached hydrogen (secondary N) is 1. The topological polar surface area (TPSA) is 41.6 Å². The highest BCUT2D eigenvalue weighted by Gasteiger charge is 2.39. The molecule has 2 aliphatic heterocycles. The molecule has 1 amide bonds. The minimum Gasteiger partial charge on any atom is -0.480 e. The molecule has 0 unspecified atom stereocenters. The van der Waals surface area contributed by atoms with Crippen LogP contribution in [0.5, 0.6) is 5.75 Å². The zero-order valence-electron chi connectivity index (χ0n) is 12.1. The fourth-order valence-electron chi connectivity index (χ4n) is 3.20. The molecule has 1 fully saturated rings. The maximum absolute atomic E-state index is 12.7. The Kier molecular flexibility index (Phi) is 3.66. The van der Waals surface area contributed by atoms with Gasteiger partial charge >= 0.3 is 0 Å². The minimum absolute atomic E-state index is 0.112. The minimum atomic E-state index is -0.368. The van der Waals surface area contributed by atoms with Gasteiger partial charge in [-0.2, -0.15) is 0 Å². The average molecular weight is 274 g/mol. The Hall–Kier alpha value is -1.55. The van der Waals surface area contributed by atoms with Crippen molar-refractivity contribution in [3.63, 3.8) is 0 Å². The van der Waals surface area contributed by atoms with Crippen molar-refractivity contribution in [1.29, 1.82) is 0 Å². The first kappa shape index (κ1) is 13.4. The number of ether oxygens (including phenoxy) is 1. The summed E-state index contributed by atoms with van der Waals surface area (Å²) >= 11 is 0. The number of para-hydroxylation sites is 1. The van der Waals surface area contributed by atoms with Crippen molar-refractivity contribution in [2.45, 2.75) is 37.8 Å². The monoisotopic (exact) mass is 274 g/mol. The van der Waals surface area contributed by atoms with Gasteiger partial charge in [0.1, 0.15) is 5.75 Å². The van der Waals surface area contributed by atoms with Gasteiger partial charge in [0, 0.05) is 24.6 Å². The summed E-state index contributed by atoms with van der Waals surface area (Å²) in [5.41, 5.74) is 1.14. The molecule has 2 atom stereocenters. The van der Waals surface area contributed by atoms with Crippen LogP contribution in [0.4, 0.5) is 0 Å². The predicted molar refractivity (Wildman–Crippen MR) is 77.9 cm³/mol. The second-order valence-corrected chi connectivity index (χ2v) is 5.80. The molecular formula is C16H22N2O2. The van der Waals surface area contributed by atoms with Crippen LogP contribution >= 0.6 is 0 Å². The zero-order chi connectivity index (χ0) is 14.1. The predicted octanol–water partition coefficient (Wildman–Crippen LogP) is 1.76. The van der Waals surface area contributed by atoms with Crippen molar-refractivity contribution in [2.75, 3.05) is 20.1 Å². The summed E-state index contributed by atoms with van der Waals surface area (Å²) in [7, 11) is 1.91. The van der Waals surface area contributed by atoms with Crippen LogP contribution in [0, 0.1) is 0 Å². The van der Waals surface area contributed by atoms with Crippen molar-refractivity contribution in [3.8, 4) is 5.75 Å². The normalized spacial score (nSPS) is 25.9. The first-order chi connectivity index (χ1) is 9.68. The summed E-state index contributed by atoms with van der Waals surface area (Å²) in [6, 6.07) is 8.29. The third kappa shape index (κ3) is 2.29. The Bertz CT molecular complexity index is 497. The zero-order valence-corrected chi connectivity index (χ0v) is 12.1. The molecule has 0 radical (unpaired) electrons. The number of piperidine rings is 1. The Morgan fingerprint density at radius 3 is 2.70 bits per heavy atom. The molecule has 1 saturated heterocycles. The Labute approximate surface area is 120 Å². The largest absolute Gasteiger partial charge is 0.480 e.